The van der Waals surface area contributed by atoms with Crippen LogP contribution in [0.5, 0.6) is 5.75 Å². The number of ether oxygens (including phenoxy) is 3. The molecule has 2 N–H and O–H groups in total. The van der Waals surface area contributed by atoms with Gasteiger partial charge in [-0.1, -0.05) is 18.2 Å². The molecule has 6 nitrogen and oxygen atoms in total. The lowest BCUT2D eigenvalue weighted by Crippen LogP contribution is -2.26. The van der Waals surface area contributed by atoms with Gasteiger partial charge < -0.3 is 19.9 Å². The van der Waals surface area contributed by atoms with Crippen molar-refractivity contribution >= 4 is 17.6 Å². The van der Waals surface area contributed by atoms with Crippen LogP contribution in [0.15, 0.2) is 48.5 Å². The van der Waals surface area contributed by atoms with Crippen LogP contribution in [0.2, 0.25) is 0 Å². The topological polar surface area (TPSA) is 87.9 Å². The zero-order valence-electron chi connectivity index (χ0n) is 10.8. The van der Waals surface area contributed by atoms with Gasteiger partial charge in [0.05, 0.1) is 11.1 Å². The first-order valence-electron chi connectivity index (χ1n) is 6.17. The van der Waals surface area contributed by atoms with E-state index >= 15 is 0 Å². The maximum Gasteiger partial charge on any atom is 0.411 e. The molecule has 1 heterocycles. The second-order valence-corrected chi connectivity index (χ2v) is 4.34. The highest BCUT2D eigenvalue weighted by Gasteiger charge is 2.31. The number of fused-ring (bicyclic) bond motifs is 1. The predicted octanol–water partition coefficient (Wildman–Crippen LogP) is 1.96. The number of carbonyl (C=O) groups is 2. The molecule has 0 radical (unpaired) electrons. The lowest BCUT2D eigenvalue weighted by atomic mass is 10.1. The van der Waals surface area contributed by atoms with Crippen molar-refractivity contribution in [3.05, 3.63) is 59.7 Å². The lowest BCUT2D eigenvalue weighted by Gasteiger charge is -2.15. The molecule has 1 aliphatic heterocycles. The van der Waals surface area contributed by atoms with Crippen LogP contribution < -0.4 is 10.5 Å². The van der Waals surface area contributed by atoms with Gasteiger partial charge in [0.25, 0.3) is 0 Å². The first-order valence-corrected chi connectivity index (χ1v) is 6.17. The normalized spacial score (nSPS) is 17.2. The summed E-state index contributed by atoms with van der Waals surface area (Å²) in [5.41, 5.74) is 6.10. The van der Waals surface area contributed by atoms with Gasteiger partial charge in [-0.25, -0.2) is 9.59 Å². The van der Waals surface area contributed by atoms with E-state index in [1.54, 1.807) is 30.3 Å². The SMILES string of the molecule is Nc1ccc2c(c1)C(=O)OC(Oc1ccccc1)OC2=O. The van der Waals surface area contributed by atoms with Gasteiger partial charge >= 0.3 is 18.4 Å². The molecule has 1 atom stereocenters. The largest absolute Gasteiger partial charge is 0.423 e. The van der Waals surface area contributed by atoms with Gasteiger partial charge in [0.2, 0.25) is 0 Å². The number of benzene rings is 2. The number of para-hydroxylation sites is 1. The summed E-state index contributed by atoms with van der Waals surface area (Å²) in [7, 11) is 0. The van der Waals surface area contributed by atoms with E-state index in [-0.39, 0.29) is 11.1 Å². The van der Waals surface area contributed by atoms with Crippen molar-refractivity contribution in [1.29, 1.82) is 0 Å². The van der Waals surface area contributed by atoms with Gasteiger partial charge in [0, 0.05) is 5.69 Å². The molecule has 1 aliphatic rings. The van der Waals surface area contributed by atoms with Crippen LogP contribution in [0.4, 0.5) is 5.69 Å². The van der Waals surface area contributed by atoms with Gasteiger partial charge in [-0.15, -0.1) is 0 Å². The van der Waals surface area contributed by atoms with Crippen LogP contribution in [0.3, 0.4) is 0 Å². The Bertz CT molecular complexity index is 698. The molecular weight excluding hydrogens is 274 g/mol. The number of hydrogen-bond donors (Lipinski definition) is 1. The number of anilines is 1. The Kier molecular flexibility index (Phi) is 3.19. The second-order valence-electron chi connectivity index (χ2n) is 4.34. The lowest BCUT2D eigenvalue weighted by molar-refractivity contribution is -0.182. The maximum atomic E-state index is 12.0. The summed E-state index contributed by atoms with van der Waals surface area (Å²) in [6.07, 6.45) is 0. The Morgan fingerprint density at radius 2 is 1.57 bits per heavy atom. The molecule has 0 spiro atoms. The zero-order chi connectivity index (χ0) is 14.8. The summed E-state index contributed by atoms with van der Waals surface area (Å²) in [6.45, 7) is -1.44. The van der Waals surface area contributed by atoms with Crippen molar-refractivity contribution in [2.24, 2.45) is 0 Å². The van der Waals surface area contributed by atoms with Crippen LogP contribution >= 0.6 is 0 Å². The summed E-state index contributed by atoms with van der Waals surface area (Å²) >= 11 is 0. The molecule has 2 aromatic carbocycles. The minimum absolute atomic E-state index is 0.0548. The molecular formula is C15H11NO5. The highest BCUT2D eigenvalue weighted by Crippen LogP contribution is 2.22. The van der Waals surface area contributed by atoms with E-state index in [9.17, 15) is 9.59 Å². The van der Waals surface area contributed by atoms with Crippen LogP contribution in [0.25, 0.3) is 0 Å². The Morgan fingerprint density at radius 3 is 2.29 bits per heavy atom. The molecule has 0 saturated carbocycles. The van der Waals surface area contributed by atoms with E-state index in [1.165, 1.54) is 18.2 Å². The Morgan fingerprint density at radius 1 is 0.905 bits per heavy atom. The fourth-order valence-electron chi connectivity index (χ4n) is 1.89. The van der Waals surface area contributed by atoms with Crippen LogP contribution in [-0.4, -0.2) is 18.4 Å². The summed E-state index contributed by atoms with van der Waals surface area (Å²) in [4.78, 5) is 24.0. The van der Waals surface area contributed by atoms with Crippen LogP contribution in [0.1, 0.15) is 20.7 Å². The molecule has 106 valence electrons. The van der Waals surface area contributed by atoms with Crippen molar-refractivity contribution in [2.75, 3.05) is 5.73 Å². The van der Waals surface area contributed by atoms with Crippen molar-refractivity contribution in [2.45, 2.75) is 6.48 Å². The van der Waals surface area contributed by atoms with E-state index in [4.69, 9.17) is 19.9 Å². The molecule has 0 saturated heterocycles. The summed E-state index contributed by atoms with van der Waals surface area (Å²) in [6, 6.07) is 12.9. The summed E-state index contributed by atoms with van der Waals surface area (Å²) in [5, 5.41) is 0. The minimum atomic E-state index is -1.44. The average molecular weight is 285 g/mol. The quantitative estimate of drug-likeness (QED) is 0.670. The highest BCUT2D eigenvalue weighted by molar-refractivity contribution is 6.04. The Labute approximate surface area is 120 Å². The first kappa shape index (κ1) is 13.0. The molecule has 3 rings (SSSR count). The van der Waals surface area contributed by atoms with E-state index in [0.29, 0.717) is 11.4 Å². The minimum Gasteiger partial charge on any atom is -0.423 e. The number of carbonyl (C=O) groups excluding carboxylic acids is 2. The van der Waals surface area contributed by atoms with E-state index in [2.05, 4.69) is 0 Å². The van der Waals surface area contributed by atoms with Gasteiger partial charge in [-0.05, 0) is 30.3 Å². The molecule has 21 heavy (non-hydrogen) atoms. The van der Waals surface area contributed by atoms with Gasteiger partial charge in [-0.2, -0.15) is 0 Å². The predicted molar refractivity (Wildman–Crippen MR) is 72.5 cm³/mol. The standard InChI is InChI=1S/C15H11NO5/c16-9-6-7-11-12(8-9)14(18)21-15(20-13(11)17)19-10-4-2-1-3-5-10/h1-8,15H,16H2. The average Bonchev–Trinajstić information content (AvgIpc) is 2.58. The molecule has 1 unspecified atom stereocenters. The number of nitrogen functional groups attached to an aromatic ring is 1. The number of cyclic esters (lactones) is 2. The molecule has 0 fully saturated rings. The van der Waals surface area contributed by atoms with E-state index in [0.717, 1.165) is 0 Å². The molecule has 6 heteroatoms. The van der Waals surface area contributed by atoms with Crippen molar-refractivity contribution < 1.29 is 23.8 Å². The molecule has 0 bridgehead atoms. The molecule has 0 amide bonds. The fourth-order valence-corrected chi connectivity index (χ4v) is 1.89. The van der Waals surface area contributed by atoms with Crippen LogP contribution in [0, 0.1) is 0 Å². The smallest absolute Gasteiger partial charge is 0.411 e. The zero-order valence-corrected chi connectivity index (χ0v) is 10.8. The highest BCUT2D eigenvalue weighted by atomic mass is 16.9. The number of esters is 2. The Balaban J connectivity index is 1.87. The van der Waals surface area contributed by atoms with Crippen molar-refractivity contribution in [3.8, 4) is 5.75 Å². The van der Waals surface area contributed by atoms with Crippen LogP contribution in [-0.2, 0) is 9.47 Å². The van der Waals surface area contributed by atoms with Gasteiger partial charge in [-0.3, -0.25) is 0 Å². The van der Waals surface area contributed by atoms with E-state index < -0.39 is 18.4 Å². The summed E-state index contributed by atoms with van der Waals surface area (Å²) < 4.78 is 15.3. The van der Waals surface area contributed by atoms with Gasteiger partial charge in [0.15, 0.2) is 0 Å². The number of hydrogen-bond acceptors (Lipinski definition) is 6. The summed E-state index contributed by atoms with van der Waals surface area (Å²) in [5.74, 6) is -1.03. The van der Waals surface area contributed by atoms with Crippen molar-refractivity contribution in [1.82, 2.24) is 0 Å². The first-order chi connectivity index (χ1) is 10.1. The third kappa shape index (κ3) is 2.64. The monoisotopic (exact) mass is 285 g/mol. The number of nitrogens with two attached hydrogens (primary N) is 1. The molecule has 2 aromatic rings. The maximum absolute atomic E-state index is 12.0. The Hall–Kier alpha value is -3.02. The molecule has 0 aliphatic carbocycles. The second kappa shape index (κ2) is 5.16. The molecule has 0 aromatic heterocycles. The fraction of sp³-hybridized carbons (Fsp3) is 0.0667. The van der Waals surface area contributed by atoms with Gasteiger partial charge in [0.1, 0.15) is 5.75 Å². The third-order valence-electron chi connectivity index (χ3n) is 2.87. The van der Waals surface area contributed by atoms with Crippen molar-refractivity contribution in [3.63, 3.8) is 0 Å². The van der Waals surface area contributed by atoms with E-state index in [1.807, 2.05) is 0 Å². The third-order valence-corrected chi connectivity index (χ3v) is 2.87. The number of rotatable bonds is 2.